The maximum atomic E-state index is 4.15. The fourth-order valence-corrected chi connectivity index (χ4v) is 2.86. The highest BCUT2D eigenvalue weighted by molar-refractivity contribution is 5.90. The molecular weight excluding hydrogens is 222 g/mol. The van der Waals surface area contributed by atoms with Gasteiger partial charge in [-0.3, -0.25) is 0 Å². The maximum Gasteiger partial charge on any atom is 0.0950 e. The first-order valence-electron chi connectivity index (χ1n) is 6.71. The minimum atomic E-state index is 0.449. The van der Waals surface area contributed by atoms with Crippen molar-refractivity contribution in [1.82, 2.24) is 10.2 Å². The lowest BCUT2D eigenvalue weighted by Crippen LogP contribution is -2.23. The highest BCUT2D eigenvalue weighted by Crippen LogP contribution is 2.37. The zero-order valence-corrected chi connectivity index (χ0v) is 10.8. The molecule has 1 N–H and O–H groups in total. The molecule has 3 nitrogen and oxygen atoms in total. The van der Waals surface area contributed by atoms with Gasteiger partial charge in [0, 0.05) is 11.9 Å². The van der Waals surface area contributed by atoms with Crippen LogP contribution in [0, 0.1) is 5.41 Å². The van der Waals surface area contributed by atoms with Crippen molar-refractivity contribution in [3.05, 3.63) is 30.5 Å². The molecule has 2 aromatic rings. The van der Waals surface area contributed by atoms with Crippen LogP contribution in [0.5, 0.6) is 0 Å². The van der Waals surface area contributed by atoms with Crippen LogP contribution in [-0.4, -0.2) is 16.7 Å². The largest absolute Gasteiger partial charge is 0.383 e. The summed E-state index contributed by atoms with van der Waals surface area (Å²) >= 11 is 0. The van der Waals surface area contributed by atoms with Crippen LogP contribution in [0.4, 0.5) is 5.69 Å². The van der Waals surface area contributed by atoms with Gasteiger partial charge in [-0.15, -0.1) is 0 Å². The summed E-state index contributed by atoms with van der Waals surface area (Å²) in [7, 11) is 0. The van der Waals surface area contributed by atoms with Crippen LogP contribution in [0.15, 0.2) is 30.5 Å². The summed E-state index contributed by atoms with van der Waals surface area (Å²) in [6.07, 6.45) is 7.23. The monoisotopic (exact) mass is 241 g/mol. The van der Waals surface area contributed by atoms with Crippen molar-refractivity contribution in [3.8, 4) is 0 Å². The third kappa shape index (κ3) is 2.17. The van der Waals surface area contributed by atoms with Crippen molar-refractivity contribution in [2.24, 2.45) is 5.41 Å². The highest BCUT2D eigenvalue weighted by Gasteiger charge is 2.28. The van der Waals surface area contributed by atoms with Gasteiger partial charge in [-0.2, -0.15) is 10.2 Å². The van der Waals surface area contributed by atoms with Crippen LogP contribution in [0.3, 0.4) is 0 Å². The average Bonchev–Trinajstić information content (AvgIpc) is 2.84. The Morgan fingerprint density at radius 3 is 2.83 bits per heavy atom. The Morgan fingerprint density at radius 2 is 2.00 bits per heavy atom. The number of nitrogens with zero attached hydrogens (tertiary/aromatic N) is 2. The lowest BCUT2D eigenvalue weighted by molar-refractivity contribution is 0.362. The van der Waals surface area contributed by atoms with E-state index in [2.05, 4.69) is 28.5 Å². The molecule has 94 valence electrons. The first kappa shape index (κ1) is 11.5. The molecule has 1 aliphatic rings. The molecule has 1 aromatic carbocycles. The molecule has 0 aliphatic heterocycles. The molecule has 0 radical (unpaired) electrons. The third-order valence-electron chi connectivity index (χ3n) is 4.06. The van der Waals surface area contributed by atoms with Crippen molar-refractivity contribution in [1.29, 1.82) is 0 Å². The van der Waals surface area contributed by atoms with Crippen molar-refractivity contribution in [3.63, 3.8) is 0 Å². The van der Waals surface area contributed by atoms with E-state index in [9.17, 15) is 0 Å². The standard InChI is InChI=1S/C15H19N3/c1-15(8-4-5-9-15)11-16-14-10-17-18-13-7-3-2-6-12(13)14/h2-3,6-7,10H,4-5,8-9,11H2,1H3,(H,16,18). The molecule has 1 aromatic heterocycles. The number of benzene rings is 1. The Bertz CT molecular complexity index is 539. The predicted octanol–water partition coefficient (Wildman–Crippen LogP) is 3.62. The third-order valence-corrected chi connectivity index (χ3v) is 4.06. The second kappa shape index (κ2) is 4.56. The molecule has 18 heavy (non-hydrogen) atoms. The molecule has 0 bridgehead atoms. The zero-order chi connectivity index (χ0) is 12.4. The number of fused-ring (bicyclic) bond motifs is 1. The van der Waals surface area contributed by atoms with Gasteiger partial charge in [-0.05, 0) is 24.3 Å². The fourth-order valence-electron chi connectivity index (χ4n) is 2.86. The predicted molar refractivity (Wildman–Crippen MR) is 74.6 cm³/mol. The van der Waals surface area contributed by atoms with E-state index in [0.29, 0.717) is 5.41 Å². The smallest absolute Gasteiger partial charge is 0.0950 e. The normalized spacial score (nSPS) is 18.1. The molecule has 0 saturated heterocycles. The number of hydrogen-bond acceptors (Lipinski definition) is 3. The van der Waals surface area contributed by atoms with Crippen molar-refractivity contribution in [2.45, 2.75) is 32.6 Å². The summed E-state index contributed by atoms with van der Waals surface area (Å²) in [5.41, 5.74) is 2.51. The molecule has 1 saturated carbocycles. The SMILES string of the molecule is CC1(CNc2cnnc3ccccc23)CCCC1. The topological polar surface area (TPSA) is 37.8 Å². The number of anilines is 1. The van der Waals surface area contributed by atoms with Gasteiger partial charge in [0.15, 0.2) is 0 Å². The quantitative estimate of drug-likeness (QED) is 0.891. The Morgan fingerprint density at radius 1 is 1.22 bits per heavy atom. The second-order valence-electron chi connectivity index (χ2n) is 5.65. The number of aromatic nitrogens is 2. The first-order valence-corrected chi connectivity index (χ1v) is 6.71. The molecule has 3 heteroatoms. The van der Waals surface area contributed by atoms with Gasteiger partial charge >= 0.3 is 0 Å². The van der Waals surface area contributed by atoms with Crippen LogP contribution < -0.4 is 5.32 Å². The second-order valence-corrected chi connectivity index (χ2v) is 5.65. The van der Waals surface area contributed by atoms with Crippen LogP contribution in [0.1, 0.15) is 32.6 Å². The summed E-state index contributed by atoms with van der Waals surface area (Å²) < 4.78 is 0. The van der Waals surface area contributed by atoms with Gasteiger partial charge in [0.1, 0.15) is 0 Å². The molecule has 3 rings (SSSR count). The Balaban J connectivity index is 1.82. The van der Waals surface area contributed by atoms with E-state index in [1.165, 1.54) is 25.7 Å². The van der Waals surface area contributed by atoms with Crippen LogP contribution >= 0.6 is 0 Å². The summed E-state index contributed by atoms with van der Waals surface area (Å²) in [5.74, 6) is 0. The van der Waals surface area contributed by atoms with E-state index in [-0.39, 0.29) is 0 Å². The van der Waals surface area contributed by atoms with Crippen molar-refractivity contribution in [2.75, 3.05) is 11.9 Å². The molecule has 0 spiro atoms. The van der Waals surface area contributed by atoms with E-state index >= 15 is 0 Å². The van der Waals surface area contributed by atoms with Gasteiger partial charge < -0.3 is 5.32 Å². The van der Waals surface area contributed by atoms with Crippen LogP contribution in [-0.2, 0) is 0 Å². The molecule has 0 unspecified atom stereocenters. The van der Waals surface area contributed by atoms with E-state index in [4.69, 9.17) is 0 Å². The van der Waals surface area contributed by atoms with Crippen LogP contribution in [0.2, 0.25) is 0 Å². The number of nitrogens with one attached hydrogen (secondary N) is 1. The van der Waals surface area contributed by atoms with Crippen molar-refractivity contribution >= 4 is 16.6 Å². The van der Waals surface area contributed by atoms with E-state index in [1.807, 2.05) is 24.4 Å². The molecule has 0 amide bonds. The number of hydrogen-bond donors (Lipinski definition) is 1. The van der Waals surface area contributed by atoms with E-state index < -0.39 is 0 Å². The minimum Gasteiger partial charge on any atom is -0.383 e. The van der Waals surface area contributed by atoms with Gasteiger partial charge in [0.05, 0.1) is 17.4 Å². The summed E-state index contributed by atoms with van der Waals surface area (Å²) in [6, 6.07) is 8.15. The van der Waals surface area contributed by atoms with Gasteiger partial charge in [0.25, 0.3) is 0 Å². The first-order chi connectivity index (χ1) is 8.77. The minimum absolute atomic E-state index is 0.449. The lowest BCUT2D eigenvalue weighted by atomic mass is 9.89. The summed E-state index contributed by atoms with van der Waals surface area (Å²) in [6.45, 7) is 3.41. The van der Waals surface area contributed by atoms with Crippen molar-refractivity contribution < 1.29 is 0 Å². The molecule has 1 fully saturated rings. The maximum absolute atomic E-state index is 4.15. The van der Waals surface area contributed by atoms with Gasteiger partial charge in [-0.25, -0.2) is 0 Å². The van der Waals surface area contributed by atoms with E-state index in [0.717, 1.165) is 23.1 Å². The fraction of sp³-hybridized carbons (Fsp3) is 0.467. The average molecular weight is 241 g/mol. The Hall–Kier alpha value is -1.64. The van der Waals surface area contributed by atoms with Crippen LogP contribution in [0.25, 0.3) is 10.9 Å². The Labute approximate surface area is 108 Å². The Kier molecular flexibility index (Phi) is 2.90. The lowest BCUT2D eigenvalue weighted by Gasteiger charge is -2.24. The number of rotatable bonds is 3. The molecule has 0 atom stereocenters. The summed E-state index contributed by atoms with van der Waals surface area (Å²) in [4.78, 5) is 0. The zero-order valence-electron chi connectivity index (χ0n) is 10.8. The molecule has 1 aliphatic carbocycles. The van der Waals surface area contributed by atoms with E-state index in [1.54, 1.807) is 0 Å². The highest BCUT2D eigenvalue weighted by atomic mass is 15.1. The van der Waals surface area contributed by atoms with Gasteiger partial charge in [-0.1, -0.05) is 38.0 Å². The molecular formula is C15H19N3. The molecule has 1 heterocycles. The summed E-state index contributed by atoms with van der Waals surface area (Å²) in [5, 5.41) is 12.9. The van der Waals surface area contributed by atoms with Gasteiger partial charge in [0.2, 0.25) is 0 Å².